The molecule has 1 amide bonds. The van der Waals surface area contributed by atoms with Gasteiger partial charge in [0, 0.05) is 13.1 Å². The lowest BCUT2D eigenvalue weighted by Crippen LogP contribution is -2.51. The molecule has 1 unspecified atom stereocenters. The average molecular weight is 212 g/mol. The van der Waals surface area contributed by atoms with E-state index in [1.807, 2.05) is 4.90 Å². The summed E-state index contributed by atoms with van der Waals surface area (Å²) in [6.07, 6.45) is 4.57. The van der Waals surface area contributed by atoms with E-state index in [-0.39, 0.29) is 18.1 Å². The molecule has 2 aliphatic heterocycles. The Hall–Kier alpha value is -0.610. The Morgan fingerprint density at radius 2 is 1.93 bits per heavy atom. The number of aliphatic hydroxyl groups excluding tert-OH is 1. The quantitative estimate of drug-likeness (QED) is 0.649. The van der Waals surface area contributed by atoms with Crippen LogP contribution >= 0.6 is 0 Å². The average Bonchev–Trinajstić information content (AvgIpc) is 2.30. The van der Waals surface area contributed by atoms with Crippen molar-refractivity contribution in [3.8, 4) is 0 Å². The Bertz CT molecular complexity index is 219. The summed E-state index contributed by atoms with van der Waals surface area (Å²) in [6.45, 7) is 2.41. The van der Waals surface area contributed by atoms with Crippen LogP contribution < -0.4 is 5.32 Å². The molecule has 0 saturated carbocycles. The molecule has 4 heteroatoms. The van der Waals surface area contributed by atoms with Gasteiger partial charge in [-0.05, 0) is 32.2 Å². The van der Waals surface area contributed by atoms with Crippen LogP contribution in [0, 0.1) is 0 Å². The van der Waals surface area contributed by atoms with E-state index in [0.29, 0.717) is 0 Å². The number of rotatable bonds is 1. The Kier molecular flexibility index (Phi) is 3.59. The second-order valence-corrected chi connectivity index (χ2v) is 4.56. The highest BCUT2D eigenvalue weighted by molar-refractivity contribution is 5.82. The van der Waals surface area contributed by atoms with Crippen molar-refractivity contribution in [2.45, 2.75) is 44.2 Å². The molecular formula is C11H20N2O2. The number of amides is 1. The third kappa shape index (κ3) is 2.69. The highest BCUT2D eigenvalue weighted by Gasteiger charge is 2.28. The van der Waals surface area contributed by atoms with E-state index < -0.39 is 0 Å². The molecule has 2 fully saturated rings. The number of piperidine rings is 2. The van der Waals surface area contributed by atoms with Crippen LogP contribution in [0.4, 0.5) is 0 Å². The maximum atomic E-state index is 12.0. The van der Waals surface area contributed by atoms with E-state index in [9.17, 15) is 9.90 Å². The smallest absolute Gasteiger partial charge is 0.239 e. The van der Waals surface area contributed by atoms with Crippen molar-refractivity contribution in [2.24, 2.45) is 0 Å². The molecule has 0 aromatic rings. The first-order chi connectivity index (χ1) is 7.27. The van der Waals surface area contributed by atoms with Crippen molar-refractivity contribution in [1.29, 1.82) is 0 Å². The van der Waals surface area contributed by atoms with E-state index in [1.165, 1.54) is 6.42 Å². The first-order valence-corrected chi connectivity index (χ1v) is 5.97. The van der Waals surface area contributed by atoms with Gasteiger partial charge in [0.05, 0.1) is 12.1 Å². The standard InChI is InChI=1S/C11H20N2O2/c14-9-4-7-13(8-5-9)11(15)10-3-1-2-6-12-10/h9-10,12,14H,1-8H2. The zero-order valence-corrected chi connectivity index (χ0v) is 9.11. The Balaban J connectivity index is 1.84. The summed E-state index contributed by atoms with van der Waals surface area (Å²) < 4.78 is 0. The molecular weight excluding hydrogens is 192 g/mol. The van der Waals surface area contributed by atoms with Gasteiger partial charge in [-0.2, -0.15) is 0 Å². The number of hydrogen-bond acceptors (Lipinski definition) is 3. The minimum absolute atomic E-state index is 0.0361. The van der Waals surface area contributed by atoms with E-state index in [1.54, 1.807) is 0 Å². The van der Waals surface area contributed by atoms with Crippen molar-refractivity contribution in [3.63, 3.8) is 0 Å². The van der Waals surface area contributed by atoms with Gasteiger partial charge in [0.15, 0.2) is 0 Å². The summed E-state index contributed by atoms with van der Waals surface area (Å²) in [5.41, 5.74) is 0. The fourth-order valence-corrected chi connectivity index (χ4v) is 2.37. The SMILES string of the molecule is O=C(C1CCCCN1)N1CCC(O)CC1. The summed E-state index contributed by atoms with van der Waals surface area (Å²) in [4.78, 5) is 13.9. The molecule has 86 valence electrons. The van der Waals surface area contributed by atoms with Gasteiger partial charge in [-0.25, -0.2) is 0 Å². The third-order valence-corrected chi connectivity index (χ3v) is 3.38. The number of carbonyl (C=O) groups is 1. The molecule has 1 atom stereocenters. The van der Waals surface area contributed by atoms with E-state index in [2.05, 4.69) is 5.32 Å². The maximum absolute atomic E-state index is 12.0. The van der Waals surface area contributed by atoms with Gasteiger partial charge in [0.25, 0.3) is 0 Å². The van der Waals surface area contributed by atoms with Crippen LogP contribution in [0.25, 0.3) is 0 Å². The van der Waals surface area contributed by atoms with Gasteiger partial charge in [0.1, 0.15) is 0 Å². The van der Waals surface area contributed by atoms with Crippen molar-refractivity contribution in [2.75, 3.05) is 19.6 Å². The number of nitrogens with zero attached hydrogens (tertiary/aromatic N) is 1. The van der Waals surface area contributed by atoms with E-state index in [4.69, 9.17) is 0 Å². The van der Waals surface area contributed by atoms with Gasteiger partial charge >= 0.3 is 0 Å². The summed E-state index contributed by atoms with van der Waals surface area (Å²) >= 11 is 0. The Morgan fingerprint density at radius 1 is 1.20 bits per heavy atom. The fraction of sp³-hybridized carbons (Fsp3) is 0.909. The molecule has 2 aliphatic rings. The molecule has 0 bridgehead atoms. The predicted molar refractivity (Wildman–Crippen MR) is 57.5 cm³/mol. The number of nitrogens with one attached hydrogen (secondary N) is 1. The molecule has 0 spiro atoms. The molecule has 4 nitrogen and oxygen atoms in total. The number of likely N-dealkylation sites (tertiary alicyclic amines) is 1. The lowest BCUT2D eigenvalue weighted by molar-refractivity contribution is -0.136. The molecule has 2 rings (SSSR count). The normalized spacial score (nSPS) is 29.1. The van der Waals surface area contributed by atoms with Crippen LogP contribution in [0.2, 0.25) is 0 Å². The van der Waals surface area contributed by atoms with Crippen LogP contribution in [0.3, 0.4) is 0 Å². The third-order valence-electron chi connectivity index (χ3n) is 3.38. The predicted octanol–water partition coefficient (Wildman–Crippen LogP) is 0.112. The lowest BCUT2D eigenvalue weighted by Gasteiger charge is -2.34. The van der Waals surface area contributed by atoms with Crippen LogP contribution in [0.15, 0.2) is 0 Å². The summed E-state index contributed by atoms with van der Waals surface area (Å²) in [6, 6.07) is 0.0361. The molecule has 2 N–H and O–H groups in total. The highest BCUT2D eigenvalue weighted by Crippen LogP contribution is 2.14. The van der Waals surface area contributed by atoms with Crippen LogP contribution in [0.1, 0.15) is 32.1 Å². The van der Waals surface area contributed by atoms with Crippen molar-refractivity contribution < 1.29 is 9.90 Å². The van der Waals surface area contributed by atoms with Gasteiger partial charge in [-0.1, -0.05) is 6.42 Å². The molecule has 2 saturated heterocycles. The second kappa shape index (κ2) is 4.94. The van der Waals surface area contributed by atoms with E-state index >= 15 is 0 Å². The highest BCUT2D eigenvalue weighted by atomic mass is 16.3. The monoisotopic (exact) mass is 212 g/mol. The van der Waals surface area contributed by atoms with Crippen LogP contribution in [-0.2, 0) is 4.79 Å². The summed E-state index contributed by atoms with van der Waals surface area (Å²) in [5.74, 6) is 0.238. The van der Waals surface area contributed by atoms with Crippen molar-refractivity contribution in [1.82, 2.24) is 10.2 Å². The molecule has 2 heterocycles. The number of aliphatic hydroxyl groups is 1. The zero-order chi connectivity index (χ0) is 10.7. The molecule has 0 radical (unpaired) electrons. The second-order valence-electron chi connectivity index (χ2n) is 4.56. The Morgan fingerprint density at radius 3 is 2.53 bits per heavy atom. The number of hydrogen-bond donors (Lipinski definition) is 2. The zero-order valence-electron chi connectivity index (χ0n) is 9.11. The molecule has 15 heavy (non-hydrogen) atoms. The van der Waals surface area contributed by atoms with Gasteiger partial charge in [0.2, 0.25) is 5.91 Å². The maximum Gasteiger partial charge on any atom is 0.239 e. The van der Waals surface area contributed by atoms with Crippen molar-refractivity contribution >= 4 is 5.91 Å². The molecule has 0 aromatic heterocycles. The minimum atomic E-state index is -0.201. The largest absolute Gasteiger partial charge is 0.393 e. The Labute approximate surface area is 90.6 Å². The fourth-order valence-electron chi connectivity index (χ4n) is 2.37. The first kappa shape index (κ1) is 10.9. The van der Waals surface area contributed by atoms with Gasteiger partial charge in [-0.15, -0.1) is 0 Å². The van der Waals surface area contributed by atoms with E-state index in [0.717, 1.165) is 45.3 Å². The molecule has 0 aliphatic carbocycles. The minimum Gasteiger partial charge on any atom is -0.393 e. The summed E-state index contributed by atoms with van der Waals surface area (Å²) in [7, 11) is 0. The first-order valence-electron chi connectivity index (χ1n) is 5.97. The summed E-state index contributed by atoms with van der Waals surface area (Å²) in [5, 5.41) is 12.6. The van der Waals surface area contributed by atoms with Crippen molar-refractivity contribution in [3.05, 3.63) is 0 Å². The van der Waals surface area contributed by atoms with Gasteiger partial charge < -0.3 is 15.3 Å². The molecule has 0 aromatic carbocycles. The number of carbonyl (C=O) groups excluding carboxylic acids is 1. The lowest BCUT2D eigenvalue weighted by atomic mass is 10.0. The topological polar surface area (TPSA) is 52.6 Å². The van der Waals surface area contributed by atoms with Gasteiger partial charge in [-0.3, -0.25) is 4.79 Å². The van der Waals surface area contributed by atoms with Crippen LogP contribution in [-0.4, -0.2) is 47.7 Å². The van der Waals surface area contributed by atoms with Crippen LogP contribution in [0.5, 0.6) is 0 Å².